The zero-order valence-electron chi connectivity index (χ0n) is 10.8. The van der Waals surface area contributed by atoms with Gasteiger partial charge in [-0.05, 0) is 22.9 Å². The van der Waals surface area contributed by atoms with Crippen molar-refractivity contribution in [2.75, 3.05) is 11.9 Å². The van der Waals surface area contributed by atoms with Crippen LogP contribution in [-0.4, -0.2) is 29.4 Å². The van der Waals surface area contributed by atoms with Crippen LogP contribution in [0.25, 0.3) is 0 Å². The first kappa shape index (κ1) is 15.2. The van der Waals surface area contributed by atoms with Gasteiger partial charge in [0.1, 0.15) is 5.00 Å². The highest BCUT2D eigenvalue weighted by Crippen LogP contribution is 2.23. The maximum atomic E-state index is 11.7. The van der Waals surface area contributed by atoms with Crippen LogP contribution in [0, 0.1) is 0 Å². The Morgan fingerprint density at radius 2 is 1.95 bits per heavy atom. The van der Waals surface area contributed by atoms with Gasteiger partial charge < -0.3 is 15.7 Å². The lowest BCUT2D eigenvalue weighted by atomic mass is 10.3. The molecule has 0 spiro atoms. The molecule has 2 rings (SSSR count). The number of nitrogens with one attached hydrogen (secondary N) is 2. The van der Waals surface area contributed by atoms with E-state index in [9.17, 15) is 14.4 Å². The average Bonchev–Trinajstić information content (AvgIpc) is 3.09. The summed E-state index contributed by atoms with van der Waals surface area (Å²) in [6.07, 6.45) is 0.0775. The summed E-state index contributed by atoms with van der Waals surface area (Å²) in [6.45, 7) is 0.191. The lowest BCUT2D eigenvalue weighted by molar-refractivity contribution is -0.116. The Labute approximate surface area is 128 Å². The van der Waals surface area contributed by atoms with E-state index < -0.39 is 5.97 Å². The standard InChI is InChI=1S/C13H12N2O4S2/c16-10(15-12-8(13(18)19)4-7-21-12)3-5-14-11(17)9-2-1-6-20-9/h1-2,4,6-7H,3,5H2,(H,14,17)(H,15,16)(H,18,19). The molecule has 0 aliphatic rings. The maximum Gasteiger partial charge on any atom is 0.338 e. The molecular weight excluding hydrogens is 312 g/mol. The van der Waals surface area contributed by atoms with Crippen LogP contribution in [0.5, 0.6) is 0 Å². The van der Waals surface area contributed by atoms with Gasteiger partial charge in [0.25, 0.3) is 5.91 Å². The van der Waals surface area contributed by atoms with Crippen LogP contribution in [0.3, 0.4) is 0 Å². The SMILES string of the molecule is O=C(CCNC(=O)c1cccs1)Nc1sccc1C(=O)O. The molecule has 6 nitrogen and oxygen atoms in total. The number of aromatic carboxylic acids is 1. The number of hydrogen-bond donors (Lipinski definition) is 3. The Kier molecular flexibility index (Phi) is 5.07. The average molecular weight is 324 g/mol. The number of carboxylic acid groups (broad SMARTS) is 1. The van der Waals surface area contributed by atoms with Crippen LogP contribution >= 0.6 is 22.7 Å². The van der Waals surface area contributed by atoms with E-state index in [1.54, 1.807) is 22.9 Å². The van der Waals surface area contributed by atoms with Crippen LogP contribution in [0.4, 0.5) is 5.00 Å². The molecule has 21 heavy (non-hydrogen) atoms. The van der Waals surface area contributed by atoms with E-state index in [4.69, 9.17) is 5.11 Å². The van der Waals surface area contributed by atoms with Gasteiger partial charge >= 0.3 is 5.97 Å². The lowest BCUT2D eigenvalue weighted by Gasteiger charge is -2.05. The fourth-order valence-electron chi connectivity index (χ4n) is 1.55. The van der Waals surface area contributed by atoms with E-state index in [1.807, 2.05) is 0 Å². The minimum atomic E-state index is -1.09. The third kappa shape index (κ3) is 4.14. The van der Waals surface area contributed by atoms with Gasteiger partial charge in [-0.15, -0.1) is 22.7 Å². The van der Waals surface area contributed by atoms with Crippen LogP contribution in [0.15, 0.2) is 29.0 Å². The summed E-state index contributed by atoms with van der Waals surface area (Å²) >= 11 is 2.47. The van der Waals surface area contributed by atoms with Gasteiger partial charge in [0, 0.05) is 13.0 Å². The van der Waals surface area contributed by atoms with Crippen molar-refractivity contribution >= 4 is 45.5 Å². The second-order valence-electron chi connectivity index (χ2n) is 4.00. The molecule has 0 bridgehead atoms. The Hall–Kier alpha value is -2.19. The van der Waals surface area contributed by atoms with Crippen LogP contribution in [0.1, 0.15) is 26.5 Å². The van der Waals surface area contributed by atoms with Gasteiger partial charge in [0.05, 0.1) is 10.4 Å². The fraction of sp³-hybridized carbons (Fsp3) is 0.154. The number of hydrogen-bond acceptors (Lipinski definition) is 5. The van der Waals surface area contributed by atoms with Crippen LogP contribution in [-0.2, 0) is 4.79 Å². The zero-order chi connectivity index (χ0) is 15.2. The molecule has 0 aliphatic heterocycles. The fourth-order valence-corrected chi connectivity index (χ4v) is 2.98. The lowest BCUT2D eigenvalue weighted by Crippen LogP contribution is -2.27. The van der Waals surface area contributed by atoms with E-state index >= 15 is 0 Å². The highest BCUT2D eigenvalue weighted by atomic mass is 32.1. The summed E-state index contributed by atoms with van der Waals surface area (Å²) in [5.41, 5.74) is 0.0657. The molecule has 0 unspecified atom stereocenters. The van der Waals surface area contributed by atoms with E-state index in [-0.39, 0.29) is 30.3 Å². The first-order valence-electron chi connectivity index (χ1n) is 6.00. The molecular formula is C13H12N2O4S2. The molecule has 2 amide bonds. The molecule has 2 aromatic rings. The summed E-state index contributed by atoms with van der Waals surface area (Å²) in [5, 5.41) is 17.8. The van der Waals surface area contributed by atoms with Crippen molar-refractivity contribution in [3.8, 4) is 0 Å². The van der Waals surface area contributed by atoms with Crippen molar-refractivity contribution in [3.05, 3.63) is 39.4 Å². The molecule has 110 valence electrons. The van der Waals surface area contributed by atoms with Gasteiger partial charge in [0.15, 0.2) is 0 Å². The number of carbonyl (C=O) groups excluding carboxylic acids is 2. The molecule has 3 N–H and O–H groups in total. The second-order valence-corrected chi connectivity index (χ2v) is 5.86. The number of amides is 2. The molecule has 0 atom stereocenters. The third-order valence-corrected chi connectivity index (χ3v) is 4.23. The third-order valence-electron chi connectivity index (χ3n) is 2.53. The van der Waals surface area contributed by atoms with E-state index in [0.29, 0.717) is 9.88 Å². The summed E-state index contributed by atoms with van der Waals surface area (Å²) in [6, 6.07) is 4.91. The maximum absolute atomic E-state index is 11.7. The largest absolute Gasteiger partial charge is 0.478 e. The summed E-state index contributed by atoms with van der Waals surface area (Å²) in [5.74, 6) is -1.65. The van der Waals surface area contributed by atoms with Crippen LogP contribution < -0.4 is 10.6 Å². The van der Waals surface area contributed by atoms with Crippen molar-refractivity contribution in [3.63, 3.8) is 0 Å². The minimum absolute atomic E-state index is 0.0657. The van der Waals surface area contributed by atoms with Gasteiger partial charge in [-0.1, -0.05) is 6.07 Å². The summed E-state index contributed by atoms with van der Waals surface area (Å²) < 4.78 is 0. The van der Waals surface area contributed by atoms with Crippen molar-refractivity contribution in [2.24, 2.45) is 0 Å². The molecule has 0 aromatic carbocycles. The number of rotatable bonds is 6. The normalized spacial score (nSPS) is 10.1. The smallest absolute Gasteiger partial charge is 0.338 e. The van der Waals surface area contributed by atoms with Gasteiger partial charge in [-0.25, -0.2) is 4.79 Å². The molecule has 8 heteroatoms. The van der Waals surface area contributed by atoms with Crippen molar-refractivity contribution in [1.82, 2.24) is 5.32 Å². The molecule has 0 aliphatic carbocycles. The van der Waals surface area contributed by atoms with E-state index in [2.05, 4.69) is 10.6 Å². The van der Waals surface area contributed by atoms with Crippen molar-refractivity contribution < 1.29 is 19.5 Å². The van der Waals surface area contributed by atoms with Crippen molar-refractivity contribution in [1.29, 1.82) is 0 Å². The summed E-state index contributed by atoms with van der Waals surface area (Å²) in [7, 11) is 0. The molecule has 0 saturated heterocycles. The Bertz CT molecular complexity index is 649. The highest BCUT2D eigenvalue weighted by molar-refractivity contribution is 7.14. The first-order valence-corrected chi connectivity index (χ1v) is 7.76. The first-order chi connectivity index (χ1) is 10.1. The molecule has 2 heterocycles. The quantitative estimate of drug-likeness (QED) is 0.759. The van der Waals surface area contributed by atoms with E-state index in [1.165, 1.54) is 17.4 Å². The molecule has 0 saturated carbocycles. The van der Waals surface area contributed by atoms with Gasteiger partial charge in [-0.3, -0.25) is 9.59 Å². The molecule has 0 radical (unpaired) electrons. The predicted molar refractivity (Wildman–Crippen MR) is 81.2 cm³/mol. The highest BCUT2D eigenvalue weighted by Gasteiger charge is 2.14. The Morgan fingerprint density at radius 3 is 2.62 bits per heavy atom. The zero-order valence-corrected chi connectivity index (χ0v) is 12.4. The summed E-state index contributed by atoms with van der Waals surface area (Å²) in [4.78, 5) is 34.8. The number of carboxylic acids is 1. The monoisotopic (exact) mass is 324 g/mol. The minimum Gasteiger partial charge on any atom is -0.478 e. The number of anilines is 1. The van der Waals surface area contributed by atoms with E-state index in [0.717, 1.165) is 11.3 Å². The molecule has 0 fully saturated rings. The Balaban J connectivity index is 1.79. The van der Waals surface area contributed by atoms with Gasteiger partial charge in [-0.2, -0.15) is 0 Å². The topological polar surface area (TPSA) is 95.5 Å². The van der Waals surface area contributed by atoms with Crippen molar-refractivity contribution in [2.45, 2.75) is 6.42 Å². The second kappa shape index (κ2) is 7.00. The Morgan fingerprint density at radius 1 is 1.14 bits per heavy atom. The number of thiophene rings is 2. The predicted octanol–water partition coefficient (Wildman–Crippen LogP) is 2.27. The van der Waals surface area contributed by atoms with Gasteiger partial charge in [0.2, 0.25) is 5.91 Å². The molecule has 2 aromatic heterocycles. The number of carbonyl (C=O) groups is 3. The van der Waals surface area contributed by atoms with Crippen LogP contribution in [0.2, 0.25) is 0 Å².